The number of hydrazine groups is 1. The molecule has 7 heteroatoms. The summed E-state index contributed by atoms with van der Waals surface area (Å²) in [4.78, 5) is 7.95. The number of nitrogens with zero attached hydrogens (tertiary/aromatic N) is 2. The van der Waals surface area contributed by atoms with Crippen LogP contribution in [0.15, 0.2) is 30.6 Å². The molecule has 0 aliphatic heterocycles. The number of halogens is 1. The van der Waals surface area contributed by atoms with Gasteiger partial charge in [-0.25, -0.2) is 20.2 Å². The van der Waals surface area contributed by atoms with E-state index in [1.807, 2.05) is 0 Å². The Hall–Kier alpha value is -2.41. The molecule has 0 saturated heterocycles. The van der Waals surface area contributed by atoms with Crippen LogP contribution in [0.2, 0.25) is 0 Å². The maximum Gasteiger partial charge on any atom is 0.205 e. The molecule has 0 aliphatic carbocycles. The van der Waals surface area contributed by atoms with Crippen molar-refractivity contribution in [3.63, 3.8) is 0 Å². The lowest BCUT2D eigenvalue weighted by Crippen LogP contribution is -2.12. The van der Waals surface area contributed by atoms with Gasteiger partial charge in [-0.1, -0.05) is 18.2 Å². The third-order valence-corrected chi connectivity index (χ3v) is 2.55. The average molecular weight is 263 g/mol. The number of aromatic nitrogens is 2. The van der Waals surface area contributed by atoms with Gasteiger partial charge in [-0.2, -0.15) is 0 Å². The van der Waals surface area contributed by atoms with Crippen molar-refractivity contribution in [2.24, 2.45) is 5.84 Å². The van der Waals surface area contributed by atoms with Gasteiger partial charge in [0.15, 0.2) is 11.6 Å². The summed E-state index contributed by atoms with van der Waals surface area (Å²) in [5, 5.41) is 2.98. The molecule has 19 heavy (non-hydrogen) atoms. The summed E-state index contributed by atoms with van der Waals surface area (Å²) in [6.45, 7) is 0.282. The first-order valence-corrected chi connectivity index (χ1v) is 5.59. The highest BCUT2D eigenvalue weighted by Crippen LogP contribution is 2.28. The summed E-state index contributed by atoms with van der Waals surface area (Å²) in [7, 11) is 1.48. The van der Waals surface area contributed by atoms with E-state index in [4.69, 9.17) is 10.6 Å². The van der Waals surface area contributed by atoms with Crippen molar-refractivity contribution in [3.8, 4) is 5.75 Å². The van der Waals surface area contributed by atoms with Crippen LogP contribution in [0.5, 0.6) is 5.75 Å². The second-order valence-electron chi connectivity index (χ2n) is 3.69. The molecule has 0 aliphatic rings. The maximum atomic E-state index is 13.5. The standard InChI is InChI=1S/C12H14FN5O/c1-19-10-11(16-7-17-12(10)18-14)15-6-8-4-2-3-5-9(8)13/h2-5,7H,6,14H2,1H3,(H2,15,16,17,18). The molecule has 0 saturated carbocycles. The largest absolute Gasteiger partial charge is 0.490 e. The number of benzene rings is 1. The summed E-state index contributed by atoms with van der Waals surface area (Å²) >= 11 is 0. The van der Waals surface area contributed by atoms with Gasteiger partial charge < -0.3 is 15.5 Å². The molecule has 0 fully saturated rings. The highest BCUT2D eigenvalue weighted by Gasteiger charge is 2.11. The molecule has 0 spiro atoms. The zero-order chi connectivity index (χ0) is 13.7. The van der Waals surface area contributed by atoms with Gasteiger partial charge in [-0.15, -0.1) is 0 Å². The Balaban J connectivity index is 2.18. The van der Waals surface area contributed by atoms with Gasteiger partial charge in [0.05, 0.1) is 7.11 Å². The molecule has 0 radical (unpaired) electrons. The van der Waals surface area contributed by atoms with Crippen molar-refractivity contribution in [1.82, 2.24) is 9.97 Å². The molecule has 100 valence electrons. The molecule has 4 N–H and O–H groups in total. The van der Waals surface area contributed by atoms with Gasteiger partial charge in [0, 0.05) is 12.1 Å². The molecular weight excluding hydrogens is 249 g/mol. The Morgan fingerprint density at radius 3 is 2.68 bits per heavy atom. The third kappa shape index (κ3) is 2.89. The highest BCUT2D eigenvalue weighted by atomic mass is 19.1. The molecule has 1 aromatic heterocycles. The lowest BCUT2D eigenvalue weighted by molar-refractivity contribution is 0.414. The lowest BCUT2D eigenvalue weighted by Gasteiger charge is -2.12. The summed E-state index contributed by atoms with van der Waals surface area (Å²) in [5.74, 6) is 6.21. The molecule has 2 aromatic rings. The quantitative estimate of drug-likeness (QED) is 0.560. The van der Waals surface area contributed by atoms with Gasteiger partial charge in [-0.3, -0.25) is 0 Å². The second-order valence-corrected chi connectivity index (χ2v) is 3.69. The van der Waals surface area contributed by atoms with Crippen molar-refractivity contribution >= 4 is 11.6 Å². The Kier molecular flexibility index (Phi) is 4.09. The van der Waals surface area contributed by atoms with Gasteiger partial charge in [-0.05, 0) is 6.07 Å². The summed E-state index contributed by atoms with van der Waals surface area (Å²) in [6.07, 6.45) is 1.33. The minimum Gasteiger partial charge on any atom is -0.490 e. The van der Waals surface area contributed by atoms with Crippen LogP contribution in [0.4, 0.5) is 16.0 Å². The van der Waals surface area contributed by atoms with Gasteiger partial charge in [0.25, 0.3) is 0 Å². The Labute approximate surface area is 109 Å². The molecule has 1 aromatic carbocycles. The fourth-order valence-electron chi connectivity index (χ4n) is 1.62. The van der Waals surface area contributed by atoms with Crippen molar-refractivity contribution in [2.75, 3.05) is 17.9 Å². The predicted octanol–water partition coefficient (Wildman–Crippen LogP) is 1.52. The predicted molar refractivity (Wildman–Crippen MR) is 70.1 cm³/mol. The fraction of sp³-hybridized carbons (Fsp3) is 0.167. The first kappa shape index (κ1) is 13.0. The van der Waals surface area contributed by atoms with E-state index in [2.05, 4.69) is 20.7 Å². The van der Waals surface area contributed by atoms with Crippen LogP contribution in [0.1, 0.15) is 5.56 Å². The number of anilines is 2. The number of nitrogen functional groups attached to an aromatic ring is 1. The molecule has 2 rings (SSSR count). The van der Waals surface area contributed by atoms with E-state index in [0.717, 1.165) is 0 Å². The van der Waals surface area contributed by atoms with Crippen molar-refractivity contribution < 1.29 is 9.13 Å². The minimum absolute atomic E-state index is 0.278. The molecule has 0 atom stereocenters. The van der Waals surface area contributed by atoms with E-state index in [-0.39, 0.29) is 12.4 Å². The zero-order valence-electron chi connectivity index (χ0n) is 10.4. The second kappa shape index (κ2) is 5.96. The Morgan fingerprint density at radius 2 is 2.00 bits per heavy atom. The topological polar surface area (TPSA) is 85.1 Å². The normalized spacial score (nSPS) is 10.1. The van der Waals surface area contributed by atoms with Crippen LogP contribution in [0.25, 0.3) is 0 Å². The average Bonchev–Trinajstić information content (AvgIpc) is 2.45. The van der Waals surface area contributed by atoms with Crippen molar-refractivity contribution in [1.29, 1.82) is 0 Å². The molecule has 1 heterocycles. The Morgan fingerprint density at radius 1 is 1.26 bits per heavy atom. The Bertz CT molecular complexity index is 564. The van der Waals surface area contributed by atoms with E-state index in [1.165, 1.54) is 19.5 Å². The molecule has 0 unspecified atom stereocenters. The fourth-order valence-corrected chi connectivity index (χ4v) is 1.62. The summed E-state index contributed by atoms with van der Waals surface area (Å²) < 4.78 is 18.6. The van der Waals surface area contributed by atoms with Crippen LogP contribution in [-0.4, -0.2) is 17.1 Å². The van der Waals surface area contributed by atoms with E-state index >= 15 is 0 Å². The van der Waals surface area contributed by atoms with Crippen molar-refractivity contribution in [2.45, 2.75) is 6.54 Å². The van der Waals surface area contributed by atoms with Gasteiger partial charge >= 0.3 is 0 Å². The molecule has 6 nitrogen and oxygen atoms in total. The maximum absolute atomic E-state index is 13.5. The first-order valence-electron chi connectivity index (χ1n) is 5.59. The number of nitrogens with two attached hydrogens (primary N) is 1. The van der Waals surface area contributed by atoms with E-state index in [9.17, 15) is 4.39 Å². The number of methoxy groups -OCH3 is 1. The lowest BCUT2D eigenvalue weighted by atomic mass is 10.2. The molecule has 0 bridgehead atoms. The smallest absolute Gasteiger partial charge is 0.205 e. The minimum atomic E-state index is -0.278. The number of rotatable bonds is 5. The van der Waals surface area contributed by atoms with Gasteiger partial charge in [0.2, 0.25) is 5.75 Å². The van der Waals surface area contributed by atoms with Gasteiger partial charge in [0.1, 0.15) is 12.1 Å². The number of ether oxygens (including phenoxy) is 1. The van der Waals surface area contributed by atoms with Crippen LogP contribution in [-0.2, 0) is 6.54 Å². The summed E-state index contributed by atoms with van der Waals surface area (Å²) in [6, 6.07) is 6.50. The molecular formula is C12H14FN5O. The highest BCUT2D eigenvalue weighted by molar-refractivity contribution is 5.63. The third-order valence-electron chi connectivity index (χ3n) is 2.55. The van der Waals surface area contributed by atoms with E-state index in [1.54, 1.807) is 18.2 Å². The van der Waals surface area contributed by atoms with Crippen molar-refractivity contribution in [3.05, 3.63) is 42.0 Å². The zero-order valence-corrected chi connectivity index (χ0v) is 10.4. The number of hydrogen-bond donors (Lipinski definition) is 3. The van der Waals surface area contributed by atoms with Crippen LogP contribution >= 0.6 is 0 Å². The number of nitrogens with one attached hydrogen (secondary N) is 2. The van der Waals surface area contributed by atoms with E-state index in [0.29, 0.717) is 22.9 Å². The van der Waals surface area contributed by atoms with Crippen LogP contribution < -0.4 is 21.3 Å². The SMILES string of the molecule is COc1c(NN)ncnc1NCc1ccccc1F. The molecule has 0 amide bonds. The number of hydrogen-bond acceptors (Lipinski definition) is 6. The van der Waals surface area contributed by atoms with Crippen LogP contribution in [0, 0.1) is 5.82 Å². The van der Waals surface area contributed by atoms with E-state index < -0.39 is 0 Å². The van der Waals surface area contributed by atoms with Crippen LogP contribution in [0.3, 0.4) is 0 Å². The first-order chi connectivity index (χ1) is 9.26. The summed E-state index contributed by atoms with van der Waals surface area (Å²) in [5.41, 5.74) is 2.94. The monoisotopic (exact) mass is 263 g/mol.